The van der Waals surface area contributed by atoms with Crippen molar-refractivity contribution in [2.45, 2.75) is 6.92 Å². The number of methoxy groups -OCH3 is 1. The topological polar surface area (TPSA) is 50.8 Å². The van der Waals surface area contributed by atoms with Gasteiger partial charge < -0.3 is 9.72 Å². The van der Waals surface area contributed by atoms with Gasteiger partial charge in [0.1, 0.15) is 5.15 Å². The van der Waals surface area contributed by atoms with Crippen LogP contribution in [0.5, 0.6) is 5.88 Å². The first kappa shape index (κ1) is 15.2. The molecule has 0 fully saturated rings. The van der Waals surface area contributed by atoms with E-state index in [0.717, 1.165) is 38.6 Å². The van der Waals surface area contributed by atoms with Crippen LogP contribution in [0.15, 0.2) is 36.5 Å². The van der Waals surface area contributed by atoms with Gasteiger partial charge in [0, 0.05) is 33.1 Å². The first-order chi connectivity index (χ1) is 11.6. The van der Waals surface area contributed by atoms with Gasteiger partial charge in [0.2, 0.25) is 5.88 Å². The monoisotopic (exact) mass is 357 g/mol. The molecular weight excluding hydrogens is 345 g/mol. The van der Waals surface area contributed by atoms with Crippen LogP contribution in [-0.2, 0) is 0 Å². The van der Waals surface area contributed by atoms with Crippen molar-refractivity contribution in [2.24, 2.45) is 0 Å². The highest BCUT2D eigenvalue weighted by atomic mass is 35.5. The Kier molecular flexibility index (Phi) is 3.59. The molecule has 0 aliphatic heterocycles. The van der Waals surface area contributed by atoms with Crippen LogP contribution in [0.2, 0.25) is 10.2 Å². The summed E-state index contributed by atoms with van der Waals surface area (Å²) in [5.74, 6) is 0.458. The maximum Gasteiger partial charge on any atom is 0.222 e. The third-order valence-electron chi connectivity index (χ3n) is 4.09. The van der Waals surface area contributed by atoms with E-state index in [1.807, 2.05) is 31.2 Å². The molecule has 4 nitrogen and oxygen atoms in total. The largest absolute Gasteiger partial charge is 0.481 e. The minimum absolute atomic E-state index is 0.380. The zero-order valence-electron chi connectivity index (χ0n) is 13.0. The van der Waals surface area contributed by atoms with Crippen molar-refractivity contribution in [3.8, 4) is 17.0 Å². The second-order valence-corrected chi connectivity index (χ2v) is 6.33. The molecule has 1 N–H and O–H groups in total. The molecule has 1 aromatic carbocycles. The van der Waals surface area contributed by atoms with E-state index in [2.05, 4.69) is 15.0 Å². The van der Waals surface area contributed by atoms with E-state index in [-0.39, 0.29) is 0 Å². The Morgan fingerprint density at radius 2 is 1.83 bits per heavy atom. The van der Waals surface area contributed by atoms with Crippen molar-refractivity contribution in [2.75, 3.05) is 7.11 Å². The van der Waals surface area contributed by atoms with E-state index in [9.17, 15) is 0 Å². The summed E-state index contributed by atoms with van der Waals surface area (Å²) in [4.78, 5) is 12.1. The summed E-state index contributed by atoms with van der Waals surface area (Å²) < 4.78 is 5.40. The van der Waals surface area contributed by atoms with Crippen LogP contribution in [0.4, 0.5) is 0 Å². The number of H-pyrrole nitrogens is 1. The fourth-order valence-corrected chi connectivity index (χ4v) is 3.38. The number of benzene rings is 1. The van der Waals surface area contributed by atoms with Gasteiger partial charge in [-0.2, -0.15) is 0 Å². The minimum atomic E-state index is 0.380. The lowest BCUT2D eigenvalue weighted by Gasteiger charge is -2.09. The van der Waals surface area contributed by atoms with Crippen molar-refractivity contribution in [3.63, 3.8) is 0 Å². The normalized spacial score (nSPS) is 11.3. The highest BCUT2D eigenvalue weighted by Gasteiger charge is 2.16. The third-order valence-corrected chi connectivity index (χ3v) is 4.52. The molecule has 0 unspecified atom stereocenters. The molecule has 0 amide bonds. The number of aromatic nitrogens is 3. The zero-order valence-corrected chi connectivity index (χ0v) is 14.5. The Morgan fingerprint density at radius 1 is 1.00 bits per heavy atom. The summed E-state index contributed by atoms with van der Waals surface area (Å²) in [5, 5.41) is 3.15. The summed E-state index contributed by atoms with van der Waals surface area (Å²) in [5.41, 5.74) is 4.64. The number of hydrogen-bond acceptors (Lipinski definition) is 3. The Hall–Kier alpha value is -2.30. The van der Waals surface area contributed by atoms with Crippen LogP contribution in [0.1, 0.15) is 5.69 Å². The van der Waals surface area contributed by atoms with E-state index in [4.69, 9.17) is 27.9 Å². The molecule has 0 radical (unpaired) electrons. The summed E-state index contributed by atoms with van der Waals surface area (Å²) >= 11 is 12.4. The lowest BCUT2D eigenvalue weighted by Crippen LogP contribution is -1.92. The quantitative estimate of drug-likeness (QED) is 0.488. The second-order valence-electron chi connectivity index (χ2n) is 5.51. The Bertz CT molecular complexity index is 1090. The fraction of sp³-hybridized carbons (Fsp3) is 0.111. The predicted molar refractivity (Wildman–Crippen MR) is 98.1 cm³/mol. The van der Waals surface area contributed by atoms with E-state index in [0.29, 0.717) is 16.1 Å². The number of nitrogens with zero attached hydrogens (tertiary/aromatic N) is 2. The van der Waals surface area contributed by atoms with Gasteiger partial charge in [-0.15, -0.1) is 0 Å². The molecule has 24 heavy (non-hydrogen) atoms. The number of aromatic amines is 1. The van der Waals surface area contributed by atoms with Gasteiger partial charge in [0.15, 0.2) is 0 Å². The van der Waals surface area contributed by atoms with Gasteiger partial charge in [-0.1, -0.05) is 23.2 Å². The zero-order chi connectivity index (χ0) is 16.8. The van der Waals surface area contributed by atoms with Crippen molar-refractivity contribution < 1.29 is 4.74 Å². The molecule has 4 rings (SSSR count). The minimum Gasteiger partial charge on any atom is -0.481 e. The Morgan fingerprint density at radius 3 is 2.62 bits per heavy atom. The molecule has 0 saturated heterocycles. The molecule has 0 bridgehead atoms. The SMILES string of the molecule is COc1nc(Cl)ccc1-c1cc(Cl)cc2c1[nH]c1c(C)nccc12. The van der Waals surface area contributed by atoms with Crippen molar-refractivity contribution in [1.82, 2.24) is 15.0 Å². The molecule has 3 aromatic heterocycles. The van der Waals surface area contributed by atoms with Crippen LogP contribution in [-0.4, -0.2) is 22.1 Å². The van der Waals surface area contributed by atoms with Crippen LogP contribution in [0.25, 0.3) is 32.9 Å². The number of halogens is 2. The smallest absolute Gasteiger partial charge is 0.222 e. The number of fused-ring (bicyclic) bond motifs is 3. The lowest BCUT2D eigenvalue weighted by atomic mass is 10.0. The molecule has 0 atom stereocenters. The van der Waals surface area contributed by atoms with Crippen LogP contribution in [0.3, 0.4) is 0 Å². The number of aryl methyl sites for hydroxylation is 1. The maximum absolute atomic E-state index is 6.38. The Balaban J connectivity index is 2.13. The van der Waals surface area contributed by atoms with Gasteiger partial charge in [0.05, 0.1) is 23.8 Å². The van der Waals surface area contributed by atoms with E-state index < -0.39 is 0 Å². The highest BCUT2D eigenvalue weighted by molar-refractivity contribution is 6.33. The molecule has 120 valence electrons. The number of rotatable bonds is 2. The molecule has 0 aliphatic carbocycles. The molecule has 0 aliphatic rings. The second kappa shape index (κ2) is 5.65. The summed E-state index contributed by atoms with van der Waals surface area (Å²) in [6.45, 7) is 1.98. The van der Waals surface area contributed by atoms with Crippen molar-refractivity contribution in [3.05, 3.63) is 52.4 Å². The number of ether oxygens (including phenoxy) is 1. The average Bonchev–Trinajstić information content (AvgIpc) is 2.94. The molecule has 6 heteroatoms. The summed E-state index contributed by atoms with van der Waals surface area (Å²) in [7, 11) is 1.57. The highest BCUT2D eigenvalue weighted by Crippen LogP contribution is 2.39. The molecule has 0 saturated carbocycles. The van der Waals surface area contributed by atoms with Gasteiger partial charge in [-0.25, -0.2) is 4.98 Å². The number of hydrogen-bond donors (Lipinski definition) is 1. The van der Waals surface area contributed by atoms with Crippen LogP contribution in [0, 0.1) is 6.92 Å². The predicted octanol–water partition coefficient (Wildman–Crippen LogP) is 5.40. The molecule has 0 spiro atoms. The standard InChI is InChI=1S/C18H13Cl2N3O/c1-9-16-11(5-6-21-9)13-7-10(19)8-14(17(13)23-16)12-3-4-15(20)22-18(12)24-2/h3-8,23H,1-2H3. The van der Waals surface area contributed by atoms with E-state index in [1.54, 1.807) is 19.4 Å². The van der Waals surface area contributed by atoms with Crippen LogP contribution >= 0.6 is 23.2 Å². The van der Waals surface area contributed by atoms with Crippen LogP contribution < -0.4 is 4.74 Å². The van der Waals surface area contributed by atoms with E-state index >= 15 is 0 Å². The number of nitrogens with one attached hydrogen (secondary N) is 1. The lowest BCUT2D eigenvalue weighted by molar-refractivity contribution is 0.400. The molecule has 3 heterocycles. The fourth-order valence-electron chi connectivity index (χ4n) is 3.02. The van der Waals surface area contributed by atoms with E-state index in [1.165, 1.54) is 0 Å². The van der Waals surface area contributed by atoms with Gasteiger partial charge in [-0.05, 0) is 37.3 Å². The molecule has 4 aromatic rings. The summed E-state index contributed by atoms with van der Waals surface area (Å²) in [6.07, 6.45) is 1.80. The first-order valence-electron chi connectivity index (χ1n) is 7.36. The summed E-state index contributed by atoms with van der Waals surface area (Å²) in [6, 6.07) is 9.46. The number of pyridine rings is 2. The van der Waals surface area contributed by atoms with Crippen molar-refractivity contribution in [1.29, 1.82) is 0 Å². The first-order valence-corrected chi connectivity index (χ1v) is 8.11. The Labute approximate surface area is 148 Å². The van der Waals surface area contributed by atoms with Gasteiger partial charge in [-0.3, -0.25) is 4.98 Å². The maximum atomic E-state index is 6.38. The van der Waals surface area contributed by atoms with Gasteiger partial charge in [0.25, 0.3) is 0 Å². The third kappa shape index (κ3) is 2.30. The molecular formula is C18H13Cl2N3O. The van der Waals surface area contributed by atoms with Crippen molar-refractivity contribution >= 4 is 45.0 Å². The van der Waals surface area contributed by atoms with Gasteiger partial charge >= 0.3 is 0 Å². The average molecular weight is 358 g/mol.